The van der Waals surface area contributed by atoms with E-state index in [1.807, 2.05) is 0 Å². The number of nitrogens with one attached hydrogen (secondary N) is 1. The quantitative estimate of drug-likeness (QED) is 0.0111. The number of aliphatic carboxylic acids is 3. The molecule has 13 rings (SSSR count). The van der Waals surface area contributed by atoms with Crippen LogP contribution in [0.3, 0.4) is 0 Å². The molecule has 1 aliphatic carbocycles. The zero-order chi connectivity index (χ0) is 92.3. The SMILES string of the molecule is C.C.C.C.C.C.CC(=O)OCc1c(Br)c(=O)oc2c(Br)c(O)c(Br)cc12.CC(=O)OCc1cc(=O)oc2cc(O)c(Br)cc12.CC(=O)OCc1cc(=O)oc2cc(O)c(Cl)cc12.N[C@@H](CCC(=O)OCc1cc(=O)oc2cc(O)c(Br)cc12)C(=O)O.O=C(O)CC[C@H](NC(=O)OCc1cc(=O)oc2cc(O)c(Br)cc12)C(=O)O.O=c1ccc2c(CCl)c3ccc(O)cc3oc-2c1. The van der Waals surface area contributed by atoms with E-state index in [4.69, 9.17) is 94.4 Å². The highest BCUT2D eigenvalue weighted by atomic mass is 79.9. The molecular formula is C87H86Br6Cl2N2O34. The number of esters is 4. The number of carboxylic acid groups (broad SMARTS) is 3. The molecule has 0 saturated carbocycles. The molecule has 36 nitrogen and oxygen atoms in total. The van der Waals surface area contributed by atoms with Crippen molar-refractivity contribution < 1.29 is 135 Å². The number of phenols is 6. The number of hydrogen-bond donors (Lipinski definition) is 11. The van der Waals surface area contributed by atoms with E-state index >= 15 is 0 Å². The van der Waals surface area contributed by atoms with Crippen LogP contribution in [0.2, 0.25) is 5.02 Å². The number of benzene rings is 7. The molecule has 0 radical (unpaired) electrons. The molecule has 704 valence electrons. The highest BCUT2D eigenvalue weighted by Gasteiger charge is 2.25. The Morgan fingerprint density at radius 1 is 0.427 bits per heavy atom. The third-order valence-corrected chi connectivity index (χ3v) is 21.5. The van der Waals surface area contributed by atoms with E-state index in [0.717, 1.165) is 22.6 Å². The summed E-state index contributed by atoms with van der Waals surface area (Å²) in [5.74, 6) is -5.42. The Morgan fingerprint density at radius 3 is 1.27 bits per heavy atom. The second-order valence-corrected chi connectivity index (χ2v) is 31.4. The topological polar surface area (TPSA) is 584 Å². The van der Waals surface area contributed by atoms with Crippen LogP contribution in [0, 0.1) is 0 Å². The van der Waals surface area contributed by atoms with Gasteiger partial charge in [0.15, 0.2) is 11.0 Å². The van der Waals surface area contributed by atoms with Crippen molar-refractivity contribution in [2.75, 3.05) is 0 Å². The van der Waals surface area contributed by atoms with E-state index in [-0.39, 0.29) is 184 Å². The van der Waals surface area contributed by atoms with E-state index in [1.165, 1.54) is 99.6 Å². The van der Waals surface area contributed by atoms with E-state index in [0.29, 0.717) is 84.3 Å². The minimum atomic E-state index is -1.43. The van der Waals surface area contributed by atoms with Gasteiger partial charge in [0.05, 0.1) is 22.9 Å². The number of carbonyl (C=O) groups excluding carboxylic acids is 5. The first-order valence-corrected chi connectivity index (χ1v) is 40.9. The van der Waals surface area contributed by atoms with Gasteiger partial charge in [0.2, 0.25) is 0 Å². The molecule has 0 saturated heterocycles. The summed E-state index contributed by atoms with van der Waals surface area (Å²) >= 11 is 30.7. The molecule has 0 fully saturated rings. The van der Waals surface area contributed by atoms with E-state index in [1.54, 1.807) is 30.3 Å². The molecule has 131 heavy (non-hydrogen) atoms. The first kappa shape index (κ1) is 115. The fourth-order valence-corrected chi connectivity index (χ4v) is 14.0. The fraction of sp³-hybridized carbons (Fsp3) is 0.241. The van der Waals surface area contributed by atoms with Gasteiger partial charge in [-0.3, -0.25) is 33.6 Å². The maximum absolute atomic E-state index is 11.8. The number of ether oxygens (including phenoxy) is 5. The highest BCUT2D eigenvalue weighted by molar-refractivity contribution is 9.11. The van der Waals surface area contributed by atoms with Crippen molar-refractivity contribution in [3.63, 3.8) is 0 Å². The van der Waals surface area contributed by atoms with Crippen LogP contribution in [-0.2, 0) is 96.2 Å². The van der Waals surface area contributed by atoms with Gasteiger partial charge in [-0.1, -0.05) is 56.2 Å². The van der Waals surface area contributed by atoms with Gasteiger partial charge >= 0.3 is 76.0 Å². The molecule has 0 spiro atoms. The van der Waals surface area contributed by atoms with E-state index in [2.05, 4.69) is 101 Å². The number of carbonyl (C=O) groups is 8. The summed E-state index contributed by atoms with van der Waals surface area (Å²) in [5, 5.41) is 89.4. The van der Waals surface area contributed by atoms with Gasteiger partial charge in [-0.05, 0) is 169 Å². The van der Waals surface area contributed by atoms with Crippen LogP contribution in [-0.4, -0.2) is 106 Å². The zero-order valence-corrected chi connectivity index (χ0v) is 75.1. The average Bonchev–Trinajstić information content (AvgIpc) is 0.776. The highest BCUT2D eigenvalue weighted by Crippen LogP contribution is 2.42. The number of rotatable bonds is 20. The predicted octanol–water partition coefficient (Wildman–Crippen LogP) is 18.8. The van der Waals surface area contributed by atoms with Crippen molar-refractivity contribution in [3.05, 3.63) is 243 Å². The molecule has 0 unspecified atom stereocenters. The minimum absolute atomic E-state index is 0. The van der Waals surface area contributed by atoms with Gasteiger partial charge < -0.3 is 107 Å². The molecular weight excluding hydrogens is 2170 g/mol. The fourth-order valence-electron chi connectivity index (χ4n) is 11.0. The second-order valence-electron chi connectivity index (χ2n) is 25.7. The van der Waals surface area contributed by atoms with Crippen molar-refractivity contribution in [3.8, 4) is 45.8 Å². The van der Waals surface area contributed by atoms with Gasteiger partial charge in [-0.15, -0.1) is 11.6 Å². The number of hydrogen-bond acceptors (Lipinski definition) is 32. The Labute approximate surface area is 802 Å². The number of alkyl carbamates (subject to hydrolysis) is 1. The lowest BCUT2D eigenvalue weighted by Crippen LogP contribution is -2.41. The Balaban J connectivity index is 0.000000530. The van der Waals surface area contributed by atoms with Crippen molar-refractivity contribution in [2.24, 2.45) is 5.73 Å². The first-order chi connectivity index (χ1) is 58.9. The van der Waals surface area contributed by atoms with Crippen molar-refractivity contribution in [2.45, 2.75) is 142 Å². The molecule has 1 aliphatic heterocycles. The monoisotopic (exact) mass is 2250 g/mol. The number of alkyl halides is 1. The molecule has 0 bridgehead atoms. The summed E-state index contributed by atoms with van der Waals surface area (Å²) in [6.07, 6.45) is -2.06. The molecule has 5 aromatic heterocycles. The molecule has 6 heterocycles. The Morgan fingerprint density at radius 2 is 0.840 bits per heavy atom. The predicted molar refractivity (Wildman–Crippen MR) is 505 cm³/mol. The van der Waals surface area contributed by atoms with Crippen LogP contribution in [0.25, 0.3) is 77.1 Å². The number of nitrogens with two attached hydrogens (primary N) is 1. The summed E-state index contributed by atoms with van der Waals surface area (Å²) in [6.45, 7) is 3.10. The summed E-state index contributed by atoms with van der Waals surface area (Å²) < 4.78 is 57.3. The van der Waals surface area contributed by atoms with Gasteiger partial charge in [0, 0.05) is 166 Å². The number of aromatic hydroxyl groups is 6. The smallest absolute Gasteiger partial charge is 0.408 e. The second kappa shape index (κ2) is 52.0. The number of phenolic OH excluding ortho intramolecular Hbond substituents is 6. The lowest BCUT2D eigenvalue weighted by Gasteiger charge is -2.14. The third-order valence-electron chi connectivity index (χ3n) is 16.9. The standard InChI is InChI=1S/C16H14BrNO9.C15H14BrNO7.C14H9ClO3.C12H7Br3O5.C12H9BrO5.C12H9ClO5.6CH4/c17-9-4-8-7(3-14(22)27-12(8)5-11(9)19)6-26-16(25)18-10(15(23)24)1-2-13(20)21;16-9-4-8-7(3-14(20)24-12(8)5-11(9)18)6-23-13(19)2-1-10(17)15(21)22;15-7-12-10-3-1-8(16)5-13(10)18-14-6-9(17)2-4-11(12)14;1-4(16)19-3-6-5-2-7(13)10(17)9(15)11(5)20-12(18)8(6)14;2*1-6(14)17-5-7-2-12(16)18-11-4-10(15)9(13)3-8(7)11;;;;;;/h3-5,10,19H,1-2,6H2,(H,18,25)(H,20,21)(H,23,24);3-5,10,18H,1-2,6,17H2,(H,21,22);1-6,16H,7H2;2,17H,3H2,1H3;2*2-4,15H,5H2,1H3;6*1H4/t2*10-;;;;;;;;;;/m00........../s1. The van der Waals surface area contributed by atoms with Gasteiger partial charge in [0.25, 0.3) is 0 Å². The van der Waals surface area contributed by atoms with Crippen LogP contribution < -0.4 is 44.6 Å². The maximum atomic E-state index is 11.8. The molecule has 2 aliphatic rings. The summed E-state index contributed by atoms with van der Waals surface area (Å²) in [6, 6.07) is 24.4. The number of halogens is 8. The normalized spacial score (nSPS) is 10.7. The number of amides is 1. The number of fused-ring (bicyclic) bond motifs is 7. The summed E-state index contributed by atoms with van der Waals surface area (Å²) in [4.78, 5) is 157. The van der Waals surface area contributed by atoms with Gasteiger partial charge in [-0.25, -0.2) is 33.6 Å². The Hall–Kier alpha value is -12.2. The van der Waals surface area contributed by atoms with Crippen LogP contribution in [0.15, 0.2) is 197 Å². The summed E-state index contributed by atoms with van der Waals surface area (Å²) in [7, 11) is 0. The lowest BCUT2D eigenvalue weighted by molar-refractivity contribution is -0.146. The largest absolute Gasteiger partial charge is 0.508 e. The molecule has 12 N–H and O–H groups in total. The molecule has 6 aromatic carbocycles. The molecule has 1 amide bonds. The van der Waals surface area contributed by atoms with Crippen molar-refractivity contribution in [1.29, 1.82) is 0 Å². The van der Waals surface area contributed by atoms with Gasteiger partial charge in [0.1, 0.15) is 122 Å². The van der Waals surface area contributed by atoms with Gasteiger partial charge in [-0.2, -0.15) is 0 Å². The van der Waals surface area contributed by atoms with Crippen molar-refractivity contribution >= 4 is 232 Å². The number of carboxylic acids is 3. The van der Waals surface area contributed by atoms with Crippen LogP contribution in [0.1, 0.15) is 124 Å². The van der Waals surface area contributed by atoms with Crippen LogP contribution >= 0.6 is 119 Å². The maximum Gasteiger partial charge on any atom is 0.408 e. The first-order valence-electron chi connectivity index (χ1n) is 35.2. The average molecular weight is 2250 g/mol. The molecule has 44 heteroatoms. The minimum Gasteiger partial charge on any atom is -0.508 e. The Bertz CT molecular complexity index is 6630. The Kier molecular flexibility index (Phi) is 45.6. The van der Waals surface area contributed by atoms with E-state index in [9.17, 15) is 97.8 Å². The molecule has 2 atom stereocenters. The lowest BCUT2D eigenvalue weighted by atomic mass is 10.0. The van der Waals surface area contributed by atoms with Crippen LogP contribution in [0.5, 0.6) is 34.5 Å². The zero-order valence-electron chi connectivity index (χ0n) is 64.0. The molecule has 11 aromatic rings. The van der Waals surface area contributed by atoms with Crippen LogP contribution in [0.4, 0.5) is 4.79 Å². The summed E-state index contributed by atoms with van der Waals surface area (Å²) in [5.41, 5.74) is 7.24. The van der Waals surface area contributed by atoms with E-state index < -0.39 is 94.5 Å². The van der Waals surface area contributed by atoms with Crippen molar-refractivity contribution in [1.82, 2.24) is 5.32 Å². The third kappa shape index (κ3) is 31.8.